The third kappa shape index (κ3) is 4.23. The maximum absolute atomic E-state index is 2.58. The predicted molar refractivity (Wildman–Crippen MR) is 214 cm³/mol. The molecule has 1 aromatic heterocycles. The van der Waals surface area contributed by atoms with Crippen LogP contribution in [0.4, 0.5) is 11.4 Å². The van der Waals surface area contributed by atoms with Crippen molar-refractivity contribution in [2.24, 2.45) is 5.92 Å². The van der Waals surface area contributed by atoms with E-state index in [0.717, 1.165) is 6.42 Å². The number of allylic oxidation sites excluding steroid dienone is 1. The second-order valence-electron chi connectivity index (χ2n) is 15.9. The van der Waals surface area contributed by atoms with Crippen LogP contribution in [0, 0.1) is 5.92 Å². The Hall–Kier alpha value is -5.60. The van der Waals surface area contributed by atoms with E-state index >= 15 is 0 Å². The first-order valence-electron chi connectivity index (χ1n) is 18.4. The molecule has 3 aliphatic rings. The molecule has 51 heavy (non-hydrogen) atoms. The van der Waals surface area contributed by atoms with Crippen molar-refractivity contribution in [3.8, 4) is 27.9 Å². The number of anilines is 2. The number of nitrogens with zero attached hydrogens (tertiary/aromatic N) is 2. The topological polar surface area (TPSA) is 8.17 Å². The van der Waals surface area contributed by atoms with Crippen molar-refractivity contribution >= 4 is 28.4 Å². The molecule has 3 aliphatic carbocycles. The lowest BCUT2D eigenvalue weighted by Gasteiger charge is -2.35. The summed E-state index contributed by atoms with van der Waals surface area (Å²) in [5.74, 6) is 0.279. The zero-order valence-corrected chi connectivity index (χ0v) is 30.0. The van der Waals surface area contributed by atoms with Gasteiger partial charge >= 0.3 is 0 Å². The van der Waals surface area contributed by atoms with Gasteiger partial charge in [0.05, 0.1) is 5.52 Å². The van der Waals surface area contributed by atoms with Gasteiger partial charge in [-0.25, -0.2) is 0 Å². The Morgan fingerprint density at radius 2 is 1.06 bits per heavy atom. The van der Waals surface area contributed by atoms with Gasteiger partial charge in [0.1, 0.15) is 0 Å². The minimum absolute atomic E-state index is 0.0853. The first-order chi connectivity index (χ1) is 24.7. The van der Waals surface area contributed by atoms with Crippen LogP contribution in [0.5, 0.6) is 0 Å². The fraction of sp³-hybridized carbons (Fsp3) is 0.184. The molecule has 6 aromatic carbocycles. The Labute approximate surface area is 301 Å². The predicted octanol–water partition coefficient (Wildman–Crippen LogP) is 12.6. The summed E-state index contributed by atoms with van der Waals surface area (Å²) in [7, 11) is 0. The number of aromatic nitrogens is 1. The van der Waals surface area contributed by atoms with Crippen LogP contribution in [0.1, 0.15) is 68.1 Å². The molecule has 1 unspecified atom stereocenters. The van der Waals surface area contributed by atoms with Crippen LogP contribution in [0.15, 0.2) is 145 Å². The largest absolute Gasteiger partial charge is 0.314 e. The Morgan fingerprint density at radius 1 is 0.549 bits per heavy atom. The molecule has 1 atom stereocenters. The fourth-order valence-electron chi connectivity index (χ4n) is 9.63. The monoisotopic (exact) mass is 658 g/mol. The molecule has 7 aromatic rings. The van der Waals surface area contributed by atoms with Crippen molar-refractivity contribution in [2.75, 3.05) is 4.90 Å². The van der Waals surface area contributed by atoms with Gasteiger partial charge in [-0.3, -0.25) is 0 Å². The van der Waals surface area contributed by atoms with Gasteiger partial charge in [-0.2, -0.15) is 0 Å². The highest BCUT2D eigenvalue weighted by atomic mass is 15.2. The average molecular weight is 659 g/mol. The molecular weight excluding hydrogens is 617 g/mol. The number of fused-ring (bicyclic) bond motifs is 9. The normalized spacial score (nSPS) is 17.3. The molecule has 0 saturated heterocycles. The molecule has 2 nitrogen and oxygen atoms in total. The first kappa shape index (κ1) is 30.2. The summed E-state index contributed by atoms with van der Waals surface area (Å²) in [6.45, 7) is 11.9. The summed E-state index contributed by atoms with van der Waals surface area (Å²) < 4.78 is 2.49. The lowest BCUT2D eigenvalue weighted by atomic mass is 9.81. The molecule has 0 bridgehead atoms. The van der Waals surface area contributed by atoms with Gasteiger partial charge in [-0.1, -0.05) is 132 Å². The first-order valence-corrected chi connectivity index (χ1v) is 18.4. The molecule has 2 heteroatoms. The van der Waals surface area contributed by atoms with Crippen LogP contribution >= 0.6 is 0 Å². The fourth-order valence-corrected chi connectivity index (χ4v) is 9.63. The number of para-hydroxylation sites is 2. The quantitative estimate of drug-likeness (QED) is 0.183. The second-order valence-corrected chi connectivity index (χ2v) is 15.9. The van der Waals surface area contributed by atoms with Crippen molar-refractivity contribution in [2.45, 2.75) is 51.9 Å². The van der Waals surface area contributed by atoms with Crippen LogP contribution in [0.3, 0.4) is 0 Å². The molecule has 0 amide bonds. The van der Waals surface area contributed by atoms with E-state index in [9.17, 15) is 0 Å². The number of benzene rings is 6. The van der Waals surface area contributed by atoms with Crippen LogP contribution < -0.4 is 4.90 Å². The average Bonchev–Trinajstić information content (AvgIpc) is 3.68. The van der Waals surface area contributed by atoms with E-state index in [1.54, 1.807) is 0 Å². The minimum atomic E-state index is -0.0853. The van der Waals surface area contributed by atoms with E-state index in [4.69, 9.17) is 0 Å². The summed E-state index contributed by atoms with van der Waals surface area (Å²) in [5, 5.41) is 1.30. The van der Waals surface area contributed by atoms with Crippen molar-refractivity contribution in [3.05, 3.63) is 179 Å². The van der Waals surface area contributed by atoms with Crippen LogP contribution in [-0.4, -0.2) is 4.57 Å². The van der Waals surface area contributed by atoms with E-state index < -0.39 is 0 Å². The second kappa shape index (κ2) is 10.7. The Balaban J connectivity index is 1.21. The van der Waals surface area contributed by atoms with Crippen molar-refractivity contribution in [1.29, 1.82) is 0 Å². The number of rotatable bonds is 4. The highest BCUT2D eigenvalue weighted by Gasteiger charge is 2.39. The lowest BCUT2D eigenvalue weighted by molar-refractivity contribution is 0.636. The van der Waals surface area contributed by atoms with Gasteiger partial charge < -0.3 is 9.47 Å². The van der Waals surface area contributed by atoms with Crippen LogP contribution in [0.25, 0.3) is 44.9 Å². The highest BCUT2D eigenvalue weighted by Crippen LogP contribution is 2.53. The summed E-state index contributed by atoms with van der Waals surface area (Å²) in [6, 6.07) is 52.1. The maximum Gasteiger partial charge on any atom is 0.0537 e. The van der Waals surface area contributed by atoms with Gasteiger partial charge in [-0.15, -0.1) is 0 Å². The molecule has 0 N–H and O–H groups in total. The third-order valence-corrected chi connectivity index (χ3v) is 12.2. The van der Waals surface area contributed by atoms with Crippen LogP contribution in [0.2, 0.25) is 0 Å². The Bertz CT molecular complexity index is 2470. The number of hydrogen-bond donors (Lipinski definition) is 0. The van der Waals surface area contributed by atoms with Crippen molar-refractivity contribution < 1.29 is 0 Å². The zero-order valence-electron chi connectivity index (χ0n) is 30.0. The SMILES string of the molecule is CC1Cc2c(c3ccccc3n2-c2ccccc2)C=C1N(c1ccc2c(c1)C(C)(C)c1ccccc1-2)c1ccc2c(c1)C(C)(C)c1ccccc1-2. The smallest absolute Gasteiger partial charge is 0.0537 e. The highest BCUT2D eigenvalue weighted by molar-refractivity contribution is 5.95. The van der Waals surface area contributed by atoms with Gasteiger partial charge in [0.15, 0.2) is 0 Å². The van der Waals surface area contributed by atoms with Gasteiger partial charge in [0.25, 0.3) is 0 Å². The lowest BCUT2D eigenvalue weighted by Crippen LogP contribution is -2.26. The van der Waals surface area contributed by atoms with Gasteiger partial charge in [0.2, 0.25) is 0 Å². The molecular formula is C49H42N2. The van der Waals surface area contributed by atoms with Crippen molar-refractivity contribution in [1.82, 2.24) is 4.57 Å². The van der Waals surface area contributed by atoms with E-state index in [1.165, 1.54) is 89.4 Å². The Kier molecular flexibility index (Phi) is 6.35. The summed E-state index contributed by atoms with van der Waals surface area (Å²) in [4.78, 5) is 2.58. The summed E-state index contributed by atoms with van der Waals surface area (Å²) in [6.07, 6.45) is 3.45. The molecule has 0 aliphatic heterocycles. The number of hydrogen-bond acceptors (Lipinski definition) is 1. The molecule has 0 radical (unpaired) electrons. The molecule has 0 fully saturated rings. The summed E-state index contributed by atoms with van der Waals surface area (Å²) in [5.41, 5.74) is 19.8. The van der Waals surface area contributed by atoms with Gasteiger partial charge in [0, 0.05) is 56.2 Å². The van der Waals surface area contributed by atoms with E-state index in [0.29, 0.717) is 0 Å². The van der Waals surface area contributed by atoms with E-state index in [-0.39, 0.29) is 16.7 Å². The van der Waals surface area contributed by atoms with Gasteiger partial charge in [-0.05, 0) is 99.5 Å². The van der Waals surface area contributed by atoms with E-state index in [2.05, 4.69) is 190 Å². The molecule has 10 rings (SSSR count). The minimum Gasteiger partial charge on any atom is -0.314 e. The standard InChI is InChI=1S/C49H42N2/c1-31-27-47-40(39-19-11-14-22-45(39)51(47)32-15-7-6-8-16-32)30-46(31)50(33-23-25-37-35-17-9-12-20-41(35)48(2,3)43(37)28-33)34-24-26-38-36-18-10-13-21-42(36)49(4,5)44(38)29-34/h6-26,28-31H,27H2,1-5H3. The Morgan fingerprint density at radius 3 is 1.67 bits per heavy atom. The third-order valence-electron chi connectivity index (χ3n) is 12.2. The molecule has 0 spiro atoms. The molecule has 248 valence electrons. The van der Waals surface area contributed by atoms with Crippen LogP contribution in [-0.2, 0) is 17.3 Å². The maximum atomic E-state index is 2.58. The zero-order chi connectivity index (χ0) is 34.6. The van der Waals surface area contributed by atoms with E-state index in [1.807, 2.05) is 0 Å². The summed E-state index contributed by atoms with van der Waals surface area (Å²) >= 11 is 0. The molecule has 1 heterocycles. The van der Waals surface area contributed by atoms with Crippen molar-refractivity contribution in [3.63, 3.8) is 0 Å². The molecule has 0 saturated carbocycles.